The van der Waals surface area contributed by atoms with Gasteiger partial charge in [-0.15, -0.1) is 0 Å². The van der Waals surface area contributed by atoms with Crippen molar-refractivity contribution < 1.29 is 19.5 Å². The van der Waals surface area contributed by atoms with E-state index in [2.05, 4.69) is 65.6 Å². The Morgan fingerprint density at radius 2 is 1.68 bits per heavy atom. The van der Waals surface area contributed by atoms with E-state index < -0.39 is 11.6 Å². The molecule has 1 spiro atoms. The van der Waals surface area contributed by atoms with Crippen LogP contribution in [0.1, 0.15) is 122 Å². The van der Waals surface area contributed by atoms with Gasteiger partial charge in [0.2, 0.25) is 0 Å². The zero-order valence-corrected chi connectivity index (χ0v) is 26.7. The molecule has 2 aliphatic rings. The third kappa shape index (κ3) is 7.89. The number of amidine groups is 1. The van der Waals surface area contributed by atoms with Gasteiger partial charge >= 0.3 is 5.97 Å². The van der Waals surface area contributed by atoms with Crippen molar-refractivity contribution >= 4 is 23.6 Å². The third-order valence-electron chi connectivity index (χ3n) is 8.95. The maximum atomic E-state index is 14.3. The van der Waals surface area contributed by atoms with Crippen molar-refractivity contribution in [3.8, 4) is 0 Å². The van der Waals surface area contributed by atoms with Crippen LogP contribution in [0.4, 0.5) is 0 Å². The minimum absolute atomic E-state index is 0.00944. The van der Waals surface area contributed by atoms with Crippen LogP contribution in [0.5, 0.6) is 0 Å². The maximum absolute atomic E-state index is 14.3. The molecule has 228 valence electrons. The van der Waals surface area contributed by atoms with Gasteiger partial charge in [-0.1, -0.05) is 53.7 Å². The van der Waals surface area contributed by atoms with E-state index in [-0.39, 0.29) is 47.7 Å². The van der Waals surface area contributed by atoms with E-state index in [9.17, 15) is 14.4 Å². The molecular weight excluding hydrogens is 516 g/mol. The molecule has 0 aromatic heterocycles. The van der Waals surface area contributed by atoms with Gasteiger partial charge in [-0.3, -0.25) is 14.4 Å². The molecule has 2 N–H and O–H groups in total. The molecule has 41 heavy (non-hydrogen) atoms. The predicted molar refractivity (Wildman–Crippen MR) is 164 cm³/mol. The summed E-state index contributed by atoms with van der Waals surface area (Å²) in [5, 5.41) is 11.5. The summed E-state index contributed by atoms with van der Waals surface area (Å²) in [4.78, 5) is 47.1. The molecule has 1 saturated carbocycles. The molecule has 0 bridgehead atoms. The van der Waals surface area contributed by atoms with Gasteiger partial charge in [-0.05, 0) is 86.8 Å². The van der Waals surface area contributed by atoms with E-state index in [4.69, 9.17) is 10.1 Å². The number of amides is 2. The number of aliphatic carboxylic acids is 1. The number of hydrogen-bond acceptors (Lipinski definition) is 5. The minimum Gasteiger partial charge on any atom is -0.481 e. The number of carboxylic acid groups (broad SMARTS) is 1. The summed E-state index contributed by atoms with van der Waals surface area (Å²) < 4.78 is 0. The highest BCUT2D eigenvalue weighted by Crippen LogP contribution is 2.50. The average molecular weight is 569 g/mol. The van der Waals surface area contributed by atoms with Gasteiger partial charge in [0.25, 0.3) is 11.8 Å². The highest BCUT2D eigenvalue weighted by atomic mass is 16.4. The number of carbonyl (C=O) groups excluding carboxylic acids is 2. The van der Waals surface area contributed by atoms with Crippen LogP contribution >= 0.6 is 0 Å². The van der Waals surface area contributed by atoms with Gasteiger partial charge in [0.15, 0.2) is 5.84 Å². The zero-order valence-electron chi connectivity index (χ0n) is 26.7. The number of nitrogens with zero attached hydrogens (tertiary/aromatic N) is 3. The Labute approximate surface area is 247 Å². The fourth-order valence-electron chi connectivity index (χ4n) is 6.06. The first-order chi connectivity index (χ1) is 18.9. The van der Waals surface area contributed by atoms with Crippen molar-refractivity contribution in [1.29, 1.82) is 0 Å². The van der Waals surface area contributed by atoms with Crippen LogP contribution < -0.4 is 5.32 Å². The Bertz CT molecular complexity index is 1120. The summed E-state index contributed by atoms with van der Waals surface area (Å²) in [6.07, 6.45) is 5.32. The van der Waals surface area contributed by atoms with Crippen molar-refractivity contribution in [3.63, 3.8) is 0 Å². The Kier molecular flexibility index (Phi) is 9.97. The number of carbonyl (C=O) groups is 3. The standard InChI is InChI=1S/C33H52N4O4/c1-22(2)36(9)28-30(41)37(33(35-28)19-14-25(15-20-33)32(6,7)8)26(16-18-31(3,4)5)23-10-12-24(13-11-23)29(40)34-21-17-27(38)39/h10-13,22,25-26H,14-21H2,1-9H3,(H,34,40)(H,38,39)/t25?,26-,33?/m1/s1. The van der Waals surface area contributed by atoms with Gasteiger partial charge in [0.05, 0.1) is 12.5 Å². The lowest BCUT2D eigenvalue weighted by atomic mass is 9.69. The molecule has 1 fully saturated rings. The zero-order chi connectivity index (χ0) is 30.8. The van der Waals surface area contributed by atoms with E-state index in [0.717, 1.165) is 44.1 Å². The smallest absolute Gasteiger partial charge is 0.305 e. The van der Waals surface area contributed by atoms with Gasteiger partial charge in [0.1, 0.15) is 5.66 Å². The summed E-state index contributed by atoms with van der Waals surface area (Å²) in [6.45, 7) is 17.8. The first kappa shape index (κ1) is 32.6. The number of carboxylic acids is 1. The second-order valence-electron chi connectivity index (χ2n) is 14.6. The van der Waals surface area contributed by atoms with Crippen LogP contribution in [0.3, 0.4) is 0 Å². The fraction of sp³-hybridized carbons (Fsp3) is 0.697. The number of nitrogens with one attached hydrogen (secondary N) is 1. The topological polar surface area (TPSA) is 102 Å². The largest absolute Gasteiger partial charge is 0.481 e. The summed E-state index contributed by atoms with van der Waals surface area (Å²) in [5.74, 6) is -0.136. The van der Waals surface area contributed by atoms with Gasteiger partial charge < -0.3 is 20.2 Å². The Hall–Kier alpha value is -2.90. The molecule has 0 unspecified atom stereocenters. The molecule has 2 amide bonds. The van der Waals surface area contributed by atoms with Crippen LogP contribution in [-0.2, 0) is 9.59 Å². The van der Waals surface area contributed by atoms with E-state index in [1.807, 2.05) is 24.1 Å². The van der Waals surface area contributed by atoms with Crippen LogP contribution in [0.15, 0.2) is 29.3 Å². The minimum atomic E-state index is -0.951. The third-order valence-corrected chi connectivity index (χ3v) is 8.95. The highest BCUT2D eigenvalue weighted by molar-refractivity contribution is 6.39. The van der Waals surface area contributed by atoms with Gasteiger partial charge in [-0.25, -0.2) is 4.99 Å². The molecule has 0 radical (unpaired) electrons. The Morgan fingerprint density at radius 1 is 1.10 bits per heavy atom. The molecule has 8 heteroatoms. The number of aliphatic imine (C=N–C) groups is 1. The summed E-state index contributed by atoms with van der Waals surface area (Å²) in [7, 11) is 1.96. The SMILES string of the molecule is CC(C)N(C)C1=NC2(CCC(C(C)(C)C)CC2)N([C@H](CCC(C)(C)C)c2ccc(C(=O)NCCC(=O)O)cc2)C1=O. The lowest BCUT2D eigenvalue weighted by molar-refractivity contribution is -0.137. The summed E-state index contributed by atoms with van der Waals surface area (Å²) >= 11 is 0. The second kappa shape index (κ2) is 12.5. The molecule has 1 heterocycles. The van der Waals surface area contributed by atoms with Crippen molar-refractivity contribution in [1.82, 2.24) is 15.1 Å². The molecular formula is C33H52N4O4. The highest BCUT2D eigenvalue weighted by Gasteiger charge is 2.53. The Balaban J connectivity index is 2.00. The molecule has 1 aromatic carbocycles. The quantitative estimate of drug-likeness (QED) is 0.365. The van der Waals surface area contributed by atoms with E-state index >= 15 is 0 Å². The first-order valence-electron chi connectivity index (χ1n) is 15.2. The van der Waals surface area contributed by atoms with Gasteiger partial charge in [0, 0.05) is 25.2 Å². The van der Waals surface area contributed by atoms with Crippen LogP contribution in [-0.4, -0.2) is 63.8 Å². The molecule has 1 aliphatic carbocycles. The van der Waals surface area contributed by atoms with Crippen LogP contribution in [0.2, 0.25) is 0 Å². The number of rotatable bonds is 9. The van der Waals surface area contributed by atoms with Crippen LogP contribution in [0.25, 0.3) is 0 Å². The monoisotopic (exact) mass is 568 g/mol. The van der Waals surface area contributed by atoms with Crippen molar-refractivity contribution in [2.75, 3.05) is 13.6 Å². The molecule has 0 saturated heterocycles. The Morgan fingerprint density at radius 3 is 2.17 bits per heavy atom. The van der Waals surface area contributed by atoms with E-state index in [1.54, 1.807) is 12.1 Å². The molecule has 1 aromatic rings. The van der Waals surface area contributed by atoms with Crippen molar-refractivity contribution in [2.45, 2.75) is 118 Å². The van der Waals surface area contributed by atoms with E-state index in [1.165, 1.54) is 0 Å². The lowest BCUT2D eigenvalue weighted by Crippen LogP contribution is -2.52. The van der Waals surface area contributed by atoms with Crippen molar-refractivity contribution in [2.24, 2.45) is 21.7 Å². The number of benzene rings is 1. The molecule has 8 nitrogen and oxygen atoms in total. The van der Waals surface area contributed by atoms with Gasteiger partial charge in [-0.2, -0.15) is 0 Å². The number of likely N-dealkylation sites (N-methyl/N-ethyl adjacent to an activating group) is 1. The second-order valence-corrected chi connectivity index (χ2v) is 14.6. The normalized spacial score (nSPS) is 22.2. The summed E-state index contributed by atoms with van der Waals surface area (Å²) in [6, 6.07) is 7.42. The predicted octanol–water partition coefficient (Wildman–Crippen LogP) is 6.27. The number of hydrogen-bond donors (Lipinski definition) is 2. The lowest BCUT2D eigenvalue weighted by Gasteiger charge is -2.47. The molecule has 1 aliphatic heterocycles. The van der Waals surface area contributed by atoms with Crippen LogP contribution in [0, 0.1) is 16.7 Å². The van der Waals surface area contributed by atoms with Crippen molar-refractivity contribution in [3.05, 3.63) is 35.4 Å². The summed E-state index contributed by atoms with van der Waals surface area (Å²) in [5.41, 5.74) is 1.18. The fourth-order valence-corrected chi connectivity index (χ4v) is 6.06. The molecule has 3 rings (SSSR count). The molecule has 1 atom stereocenters. The van der Waals surface area contributed by atoms with E-state index in [0.29, 0.717) is 17.3 Å². The first-order valence-corrected chi connectivity index (χ1v) is 15.2. The average Bonchev–Trinajstić information content (AvgIpc) is 3.14. The maximum Gasteiger partial charge on any atom is 0.305 e.